The van der Waals surface area contributed by atoms with E-state index in [4.69, 9.17) is 14.2 Å². The van der Waals surface area contributed by atoms with Crippen molar-refractivity contribution in [3.63, 3.8) is 0 Å². The molecular formula is C35H30N2O5S. The summed E-state index contributed by atoms with van der Waals surface area (Å²) in [6.45, 7) is 4.14. The first-order valence-electron chi connectivity index (χ1n) is 14.0. The van der Waals surface area contributed by atoms with Gasteiger partial charge in [-0.05, 0) is 60.0 Å². The van der Waals surface area contributed by atoms with Crippen LogP contribution in [0, 0.1) is 0 Å². The van der Waals surface area contributed by atoms with Gasteiger partial charge in [0, 0.05) is 5.56 Å². The number of nitrogens with zero attached hydrogens (tertiary/aromatic N) is 2. The maximum absolute atomic E-state index is 14.0. The van der Waals surface area contributed by atoms with E-state index in [1.54, 1.807) is 25.5 Å². The largest absolute Gasteiger partial charge is 0.496 e. The summed E-state index contributed by atoms with van der Waals surface area (Å²) in [6.07, 6.45) is 1.83. The van der Waals surface area contributed by atoms with E-state index in [0.29, 0.717) is 44.3 Å². The number of methoxy groups -OCH3 is 1. The highest BCUT2D eigenvalue weighted by molar-refractivity contribution is 7.07. The van der Waals surface area contributed by atoms with Crippen molar-refractivity contribution in [1.29, 1.82) is 0 Å². The van der Waals surface area contributed by atoms with Gasteiger partial charge >= 0.3 is 5.97 Å². The number of thiazole rings is 1. The Morgan fingerprint density at radius 3 is 2.60 bits per heavy atom. The van der Waals surface area contributed by atoms with E-state index in [0.717, 1.165) is 16.5 Å². The summed E-state index contributed by atoms with van der Waals surface area (Å²) in [5.41, 5.74) is 3.16. The molecule has 43 heavy (non-hydrogen) atoms. The fraction of sp³-hybridized carbons (Fsp3) is 0.171. The van der Waals surface area contributed by atoms with Crippen molar-refractivity contribution in [2.75, 3.05) is 13.7 Å². The van der Waals surface area contributed by atoms with E-state index in [1.165, 1.54) is 16.7 Å². The fourth-order valence-electron chi connectivity index (χ4n) is 5.40. The minimum atomic E-state index is -0.746. The molecule has 4 aromatic carbocycles. The zero-order valence-electron chi connectivity index (χ0n) is 24.1. The normalized spacial score (nSPS) is 14.8. The van der Waals surface area contributed by atoms with Crippen LogP contribution < -0.4 is 24.4 Å². The van der Waals surface area contributed by atoms with E-state index in [1.807, 2.05) is 72.8 Å². The second-order valence-electron chi connectivity index (χ2n) is 10.0. The molecule has 0 amide bonds. The van der Waals surface area contributed by atoms with Crippen LogP contribution in [0.4, 0.5) is 0 Å². The van der Waals surface area contributed by atoms with Gasteiger partial charge < -0.3 is 14.2 Å². The molecule has 0 saturated carbocycles. The number of hydrogen-bond acceptors (Lipinski definition) is 7. The summed E-state index contributed by atoms with van der Waals surface area (Å²) in [7, 11) is 1.57. The van der Waals surface area contributed by atoms with Gasteiger partial charge in [-0.1, -0.05) is 84.1 Å². The van der Waals surface area contributed by atoms with Crippen molar-refractivity contribution < 1.29 is 19.0 Å². The molecule has 1 aromatic heterocycles. The molecule has 0 bridgehead atoms. The van der Waals surface area contributed by atoms with Crippen LogP contribution in [0.25, 0.3) is 16.8 Å². The van der Waals surface area contributed by atoms with Crippen LogP contribution in [0.2, 0.25) is 0 Å². The SMILES string of the molecule is CCOC(=O)C1=C(C)N=c2s/c(=C/c3cccc(OCc4cccc5ccccc45)c3)c(=O)n2[C@H]1c1ccccc1OC. The number of rotatable bonds is 8. The molecule has 0 unspecified atom stereocenters. The molecule has 5 aromatic rings. The smallest absolute Gasteiger partial charge is 0.338 e. The predicted octanol–water partition coefficient (Wildman–Crippen LogP) is 5.54. The zero-order valence-corrected chi connectivity index (χ0v) is 24.9. The summed E-state index contributed by atoms with van der Waals surface area (Å²) in [5, 5.41) is 2.32. The van der Waals surface area contributed by atoms with Crippen molar-refractivity contribution >= 4 is 34.2 Å². The van der Waals surface area contributed by atoms with Gasteiger partial charge in [0.15, 0.2) is 4.80 Å². The molecule has 0 fully saturated rings. The van der Waals surface area contributed by atoms with Crippen molar-refractivity contribution in [2.45, 2.75) is 26.5 Å². The number of benzene rings is 4. The van der Waals surface area contributed by atoms with Crippen molar-refractivity contribution in [3.8, 4) is 11.5 Å². The molecule has 1 aliphatic heterocycles. The number of hydrogen-bond donors (Lipinski definition) is 0. The lowest BCUT2D eigenvalue weighted by Crippen LogP contribution is -2.40. The zero-order chi connectivity index (χ0) is 29.9. The lowest BCUT2D eigenvalue weighted by molar-refractivity contribution is -0.139. The highest BCUT2D eigenvalue weighted by Crippen LogP contribution is 2.35. The van der Waals surface area contributed by atoms with Crippen LogP contribution in [0.5, 0.6) is 11.5 Å². The first-order valence-corrected chi connectivity index (χ1v) is 14.8. The van der Waals surface area contributed by atoms with Gasteiger partial charge in [0.1, 0.15) is 24.1 Å². The molecule has 216 valence electrons. The maximum Gasteiger partial charge on any atom is 0.338 e. The van der Waals surface area contributed by atoms with Gasteiger partial charge in [-0.2, -0.15) is 0 Å². The molecule has 0 aliphatic carbocycles. The lowest BCUT2D eigenvalue weighted by Gasteiger charge is -2.25. The van der Waals surface area contributed by atoms with Crippen LogP contribution >= 0.6 is 11.3 Å². The second kappa shape index (κ2) is 12.1. The first kappa shape index (κ1) is 28.2. The minimum absolute atomic E-state index is 0.206. The Morgan fingerprint density at radius 1 is 1.00 bits per heavy atom. The van der Waals surface area contributed by atoms with Crippen molar-refractivity contribution in [2.24, 2.45) is 4.99 Å². The Labute approximate surface area is 252 Å². The quantitative estimate of drug-likeness (QED) is 0.222. The summed E-state index contributed by atoms with van der Waals surface area (Å²) >= 11 is 1.28. The van der Waals surface area contributed by atoms with E-state index in [-0.39, 0.29) is 12.2 Å². The number of carbonyl (C=O) groups excluding carboxylic acids is 1. The number of fused-ring (bicyclic) bond motifs is 2. The summed E-state index contributed by atoms with van der Waals surface area (Å²) in [5.74, 6) is 0.751. The topological polar surface area (TPSA) is 79.1 Å². The highest BCUT2D eigenvalue weighted by Gasteiger charge is 2.34. The first-order chi connectivity index (χ1) is 21.0. The molecule has 0 spiro atoms. The third kappa shape index (κ3) is 5.49. The molecule has 0 N–H and O–H groups in total. The summed E-state index contributed by atoms with van der Waals surface area (Å²) in [6, 6.07) is 28.7. The third-order valence-corrected chi connectivity index (χ3v) is 8.36. The van der Waals surface area contributed by atoms with E-state index in [9.17, 15) is 9.59 Å². The standard InChI is InChI=1S/C35H30N2O5S/c1-4-41-34(39)31-22(2)36-35-37(32(31)28-17-7-8-18-29(28)40-3)33(38)30(43-35)20-23-11-9-15-26(19-23)42-21-25-14-10-13-24-12-5-6-16-27(24)25/h5-20,32H,4,21H2,1-3H3/b30-20+/t32-/m0/s1. The van der Waals surface area contributed by atoms with E-state index >= 15 is 0 Å². The summed E-state index contributed by atoms with van der Waals surface area (Å²) in [4.78, 5) is 32.3. The molecule has 0 saturated heterocycles. The molecular weight excluding hydrogens is 560 g/mol. The Bertz CT molecular complexity index is 2050. The molecule has 8 heteroatoms. The minimum Gasteiger partial charge on any atom is -0.496 e. The Morgan fingerprint density at radius 2 is 1.77 bits per heavy atom. The maximum atomic E-state index is 14.0. The molecule has 0 radical (unpaired) electrons. The second-order valence-corrected chi connectivity index (χ2v) is 11.1. The summed E-state index contributed by atoms with van der Waals surface area (Å²) < 4.78 is 19.3. The average Bonchev–Trinajstić information content (AvgIpc) is 3.33. The molecule has 1 aliphatic rings. The fourth-order valence-corrected chi connectivity index (χ4v) is 6.45. The van der Waals surface area contributed by atoms with Crippen LogP contribution in [0.1, 0.15) is 36.6 Å². The van der Waals surface area contributed by atoms with Gasteiger partial charge in [0.2, 0.25) is 0 Å². The predicted molar refractivity (Wildman–Crippen MR) is 168 cm³/mol. The van der Waals surface area contributed by atoms with Gasteiger partial charge in [-0.15, -0.1) is 0 Å². The average molecular weight is 591 g/mol. The number of para-hydroxylation sites is 1. The number of carbonyl (C=O) groups is 1. The lowest BCUT2D eigenvalue weighted by atomic mass is 9.95. The molecule has 1 atom stereocenters. The monoisotopic (exact) mass is 590 g/mol. The number of aromatic nitrogens is 1. The number of ether oxygens (including phenoxy) is 3. The van der Waals surface area contributed by atoms with Crippen LogP contribution in [-0.2, 0) is 16.1 Å². The van der Waals surface area contributed by atoms with Gasteiger partial charge in [-0.3, -0.25) is 9.36 Å². The van der Waals surface area contributed by atoms with Gasteiger partial charge in [0.05, 0.1) is 29.5 Å². The Hall–Kier alpha value is -4.95. The molecule has 2 heterocycles. The Balaban J connectivity index is 1.38. The number of allylic oxidation sites excluding steroid dienone is 1. The van der Waals surface area contributed by atoms with Crippen molar-refractivity contribution in [3.05, 3.63) is 139 Å². The van der Waals surface area contributed by atoms with Crippen LogP contribution in [0.15, 0.2) is 112 Å². The van der Waals surface area contributed by atoms with Gasteiger partial charge in [-0.25, -0.2) is 9.79 Å². The van der Waals surface area contributed by atoms with Crippen LogP contribution in [-0.4, -0.2) is 24.3 Å². The number of esters is 1. The third-order valence-electron chi connectivity index (χ3n) is 7.38. The molecule has 7 nitrogen and oxygen atoms in total. The van der Waals surface area contributed by atoms with E-state index in [2.05, 4.69) is 29.3 Å². The Kier molecular flexibility index (Phi) is 7.94. The van der Waals surface area contributed by atoms with E-state index < -0.39 is 12.0 Å². The van der Waals surface area contributed by atoms with Gasteiger partial charge in [0.25, 0.3) is 5.56 Å². The van der Waals surface area contributed by atoms with Crippen molar-refractivity contribution in [1.82, 2.24) is 4.57 Å². The molecule has 6 rings (SSSR count). The highest BCUT2D eigenvalue weighted by atomic mass is 32.1. The van der Waals surface area contributed by atoms with Crippen LogP contribution in [0.3, 0.4) is 0 Å².